The first-order valence-corrected chi connectivity index (χ1v) is 8.63. The molecule has 0 spiro atoms. The van der Waals surface area contributed by atoms with E-state index in [0.29, 0.717) is 42.6 Å². The number of para-hydroxylation sites is 1. The Labute approximate surface area is 153 Å². The average Bonchev–Trinajstić information content (AvgIpc) is 2.61. The summed E-state index contributed by atoms with van der Waals surface area (Å²) in [6, 6.07) is 15.8. The Bertz CT molecular complexity index is 700. The lowest BCUT2D eigenvalue weighted by atomic mass is 10.2. The van der Waals surface area contributed by atoms with Gasteiger partial charge < -0.3 is 20.7 Å². The Morgan fingerprint density at radius 1 is 0.846 bits per heavy atom. The number of ether oxygens (including phenoxy) is 1. The second-order valence-corrected chi connectivity index (χ2v) is 6.29. The summed E-state index contributed by atoms with van der Waals surface area (Å²) in [6.45, 7) is 5.19. The highest BCUT2D eigenvalue weighted by molar-refractivity contribution is 6.00. The van der Waals surface area contributed by atoms with Crippen molar-refractivity contribution < 1.29 is 14.3 Å². The number of carbonyl (C=O) groups excluding carboxylic acids is 2. The van der Waals surface area contributed by atoms with Gasteiger partial charge in [0.05, 0.1) is 13.0 Å². The first kappa shape index (κ1) is 19.5. The zero-order chi connectivity index (χ0) is 18.8. The first-order valence-electron chi connectivity index (χ1n) is 8.63. The smallest absolute Gasteiger partial charge is 0.323 e. The van der Waals surface area contributed by atoms with Gasteiger partial charge in [0.1, 0.15) is 0 Å². The minimum atomic E-state index is -0.324. The third-order valence-electron chi connectivity index (χ3n) is 3.38. The molecule has 0 fully saturated rings. The molecular weight excluding hydrogens is 330 g/mol. The Morgan fingerprint density at radius 2 is 1.38 bits per heavy atom. The Balaban J connectivity index is 1.75. The van der Waals surface area contributed by atoms with Crippen molar-refractivity contribution in [3.8, 4) is 0 Å². The summed E-state index contributed by atoms with van der Waals surface area (Å²) in [6.07, 6.45) is 0.312. The highest BCUT2D eigenvalue weighted by Gasteiger charge is 2.05. The largest absolute Gasteiger partial charge is 0.381 e. The third-order valence-corrected chi connectivity index (χ3v) is 3.38. The molecule has 0 aliphatic carbocycles. The van der Waals surface area contributed by atoms with Crippen LogP contribution in [-0.4, -0.2) is 25.2 Å². The lowest BCUT2D eigenvalue weighted by Crippen LogP contribution is -2.19. The molecule has 2 rings (SSSR count). The molecule has 0 heterocycles. The average molecular weight is 355 g/mol. The molecule has 0 radical (unpaired) electrons. The maximum absolute atomic E-state index is 11.9. The van der Waals surface area contributed by atoms with Crippen LogP contribution in [0.4, 0.5) is 21.9 Å². The van der Waals surface area contributed by atoms with E-state index in [1.165, 1.54) is 0 Å². The van der Waals surface area contributed by atoms with Gasteiger partial charge in [-0.15, -0.1) is 0 Å². The Kier molecular flexibility index (Phi) is 7.64. The normalized spacial score (nSPS) is 10.4. The zero-order valence-corrected chi connectivity index (χ0v) is 15.1. The molecule has 3 amide bonds. The number of benzene rings is 2. The molecule has 0 aliphatic rings. The number of hydrogen-bond acceptors (Lipinski definition) is 3. The summed E-state index contributed by atoms with van der Waals surface area (Å²) < 4.78 is 5.40. The monoisotopic (exact) mass is 355 g/mol. The molecule has 6 nitrogen and oxygen atoms in total. The van der Waals surface area contributed by atoms with Crippen LogP contribution in [0, 0.1) is 5.92 Å². The molecule has 0 aromatic heterocycles. The van der Waals surface area contributed by atoms with Gasteiger partial charge in [-0.2, -0.15) is 0 Å². The molecule has 2 aromatic carbocycles. The number of hydrogen-bond donors (Lipinski definition) is 3. The predicted octanol–water partition coefficient (Wildman–Crippen LogP) is 4.33. The van der Waals surface area contributed by atoms with E-state index in [-0.39, 0.29) is 11.9 Å². The van der Waals surface area contributed by atoms with Gasteiger partial charge in [0.25, 0.3) is 0 Å². The van der Waals surface area contributed by atoms with Crippen LogP contribution in [0.5, 0.6) is 0 Å². The van der Waals surface area contributed by atoms with Crippen LogP contribution >= 0.6 is 0 Å². The standard InChI is InChI=1S/C20H25N3O3/c1-15(2)14-26-13-12-19(24)21-17-8-10-18(11-9-17)23-20(25)22-16-6-4-3-5-7-16/h3-11,15H,12-14H2,1-2H3,(H,21,24)(H2,22,23,25). The van der Waals surface area contributed by atoms with E-state index in [1.54, 1.807) is 24.3 Å². The fourth-order valence-corrected chi connectivity index (χ4v) is 2.16. The lowest BCUT2D eigenvalue weighted by molar-refractivity contribution is -0.117. The van der Waals surface area contributed by atoms with Gasteiger partial charge >= 0.3 is 6.03 Å². The zero-order valence-electron chi connectivity index (χ0n) is 15.1. The summed E-state index contributed by atoms with van der Waals surface area (Å²) in [4.78, 5) is 23.8. The molecule has 3 N–H and O–H groups in total. The van der Waals surface area contributed by atoms with E-state index in [0.717, 1.165) is 0 Å². The number of amides is 3. The molecule has 6 heteroatoms. The molecule has 0 unspecified atom stereocenters. The maximum Gasteiger partial charge on any atom is 0.323 e. The number of anilines is 3. The highest BCUT2D eigenvalue weighted by Crippen LogP contribution is 2.14. The van der Waals surface area contributed by atoms with Gasteiger partial charge in [-0.1, -0.05) is 32.0 Å². The molecule has 0 atom stereocenters. The number of carbonyl (C=O) groups is 2. The predicted molar refractivity (Wildman–Crippen MR) is 104 cm³/mol. The fourth-order valence-electron chi connectivity index (χ4n) is 2.16. The number of nitrogens with one attached hydrogen (secondary N) is 3. The summed E-state index contributed by atoms with van der Waals surface area (Å²) in [5, 5.41) is 8.28. The van der Waals surface area contributed by atoms with Gasteiger partial charge in [0.2, 0.25) is 5.91 Å². The topological polar surface area (TPSA) is 79.5 Å². The van der Waals surface area contributed by atoms with E-state index in [1.807, 2.05) is 30.3 Å². The lowest BCUT2D eigenvalue weighted by Gasteiger charge is -2.10. The van der Waals surface area contributed by atoms with Crippen LogP contribution in [0.25, 0.3) is 0 Å². The minimum absolute atomic E-state index is 0.101. The van der Waals surface area contributed by atoms with Crippen molar-refractivity contribution in [2.24, 2.45) is 5.92 Å². The summed E-state index contributed by atoms with van der Waals surface area (Å²) in [7, 11) is 0. The van der Waals surface area contributed by atoms with E-state index in [2.05, 4.69) is 29.8 Å². The third kappa shape index (κ3) is 7.36. The van der Waals surface area contributed by atoms with Crippen LogP contribution in [0.15, 0.2) is 54.6 Å². The SMILES string of the molecule is CC(C)COCCC(=O)Nc1ccc(NC(=O)Nc2ccccc2)cc1. The first-order chi connectivity index (χ1) is 12.5. The van der Waals surface area contributed by atoms with Crippen LogP contribution in [-0.2, 0) is 9.53 Å². The summed E-state index contributed by atoms with van der Waals surface area (Å²) in [5.74, 6) is 0.355. The molecule has 138 valence electrons. The van der Waals surface area contributed by atoms with Crippen molar-refractivity contribution in [1.29, 1.82) is 0 Å². The number of rotatable bonds is 8. The van der Waals surface area contributed by atoms with E-state index >= 15 is 0 Å². The van der Waals surface area contributed by atoms with Crippen molar-refractivity contribution in [2.45, 2.75) is 20.3 Å². The van der Waals surface area contributed by atoms with Gasteiger partial charge in [0, 0.05) is 23.7 Å². The summed E-state index contributed by atoms with van der Waals surface area (Å²) >= 11 is 0. The van der Waals surface area contributed by atoms with Crippen molar-refractivity contribution in [1.82, 2.24) is 0 Å². The molecule has 0 bridgehead atoms. The molecule has 26 heavy (non-hydrogen) atoms. The van der Waals surface area contributed by atoms with Crippen LogP contribution in [0.2, 0.25) is 0 Å². The molecule has 2 aromatic rings. The van der Waals surface area contributed by atoms with Gasteiger partial charge in [0.15, 0.2) is 0 Å². The van der Waals surface area contributed by atoms with E-state index < -0.39 is 0 Å². The van der Waals surface area contributed by atoms with Gasteiger partial charge in [-0.25, -0.2) is 4.79 Å². The number of urea groups is 1. The van der Waals surface area contributed by atoms with E-state index in [9.17, 15) is 9.59 Å². The quantitative estimate of drug-likeness (QED) is 0.617. The van der Waals surface area contributed by atoms with Crippen LogP contribution in [0.3, 0.4) is 0 Å². The van der Waals surface area contributed by atoms with E-state index in [4.69, 9.17) is 4.74 Å². The van der Waals surface area contributed by atoms with Crippen molar-refractivity contribution in [2.75, 3.05) is 29.2 Å². The molecule has 0 aliphatic heterocycles. The van der Waals surface area contributed by atoms with Crippen LogP contribution < -0.4 is 16.0 Å². The Morgan fingerprint density at radius 3 is 1.96 bits per heavy atom. The molecule has 0 saturated carbocycles. The van der Waals surface area contributed by atoms with Crippen molar-refractivity contribution in [3.63, 3.8) is 0 Å². The molecular formula is C20H25N3O3. The highest BCUT2D eigenvalue weighted by atomic mass is 16.5. The minimum Gasteiger partial charge on any atom is -0.381 e. The van der Waals surface area contributed by atoms with Crippen LogP contribution in [0.1, 0.15) is 20.3 Å². The molecule has 0 saturated heterocycles. The fraction of sp³-hybridized carbons (Fsp3) is 0.300. The van der Waals surface area contributed by atoms with Gasteiger partial charge in [-0.05, 0) is 42.3 Å². The van der Waals surface area contributed by atoms with Crippen molar-refractivity contribution in [3.05, 3.63) is 54.6 Å². The van der Waals surface area contributed by atoms with Gasteiger partial charge in [-0.3, -0.25) is 4.79 Å². The van der Waals surface area contributed by atoms with Crippen molar-refractivity contribution >= 4 is 29.0 Å². The second kappa shape index (κ2) is 10.2. The second-order valence-electron chi connectivity index (χ2n) is 6.29. The maximum atomic E-state index is 11.9. The Hall–Kier alpha value is -2.86. The summed E-state index contributed by atoms with van der Waals surface area (Å²) in [5.41, 5.74) is 2.03.